The third-order valence-corrected chi connectivity index (χ3v) is 8.49. The molecule has 138 valence electrons. The molecule has 0 amide bonds. The van der Waals surface area contributed by atoms with E-state index in [0.717, 1.165) is 38.5 Å². The summed E-state index contributed by atoms with van der Waals surface area (Å²) in [6.45, 7) is 0. The van der Waals surface area contributed by atoms with Crippen molar-refractivity contribution in [2.24, 2.45) is 5.92 Å². The summed E-state index contributed by atoms with van der Waals surface area (Å²) in [5, 5.41) is 9.42. The molecule has 6 heteroatoms. The first-order valence-electron chi connectivity index (χ1n) is 9.15. The van der Waals surface area contributed by atoms with Crippen LogP contribution in [0.25, 0.3) is 0 Å². The molecule has 0 saturated heterocycles. The van der Waals surface area contributed by atoms with E-state index >= 15 is 0 Å². The van der Waals surface area contributed by atoms with Crippen LogP contribution in [-0.4, -0.2) is 24.7 Å². The van der Waals surface area contributed by atoms with Gasteiger partial charge in [-0.25, -0.2) is 8.42 Å². The minimum atomic E-state index is -3.43. The fourth-order valence-corrected chi connectivity index (χ4v) is 6.71. The van der Waals surface area contributed by atoms with Crippen LogP contribution < -0.4 is 0 Å². The second-order valence-corrected chi connectivity index (χ2v) is 10.0. The van der Waals surface area contributed by atoms with Gasteiger partial charge in [-0.2, -0.15) is 0 Å². The van der Waals surface area contributed by atoms with Crippen LogP contribution in [-0.2, 0) is 14.6 Å². The number of aliphatic carboxylic acids is 1. The summed E-state index contributed by atoms with van der Waals surface area (Å²) < 4.78 is 25.5. The van der Waals surface area contributed by atoms with Gasteiger partial charge in [0.15, 0.2) is 9.84 Å². The summed E-state index contributed by atoms with van der Waals surface area (Å²) in [7, 11) is -3.43. The van der Waals surface area contributed by atoms with Gasteiger partial charge in [0, 0.05) is 0 Å². The number of carboxylic acid groups (broad SMARTS) is 1. The fourth-order valence-electron chi connectivity index (χ4n) is 4.30. The van der Waals surface area contributed by atoms with Crippen LogP contribution in [0.1, 0.15) is 69.3 Å². The number of hydrogen-bond donors (Lipinski definition) is 1. The summed E-state index contributed by atoms with van der Waals surface area (Å²) in [5.41, 5.74) is 0.606. The van der Waals surface area contributed by atoms with E-state index in [0.29, 0.717) is 30.7 Å². The van der Waals surface area contributed by atoms with Crippen molar-refractivity contribution in [2.75, 3.05) is 0 Å². The topological polar surface area (TPSA) is 71.4 Å². The van der Waals surface area contributed by atoms with Crippen molar-refractivity contribution in [1.82, 2.24) is 0 Å². The second kappa shape index (κ2) is 7.67. The average Bonchev–Trinajstić information content (AvgIpc) is 3.25. The lowest BCUT2D eigenvalue weighted by molar-refractivity contribution is -0.139. The zero-order chi connectivity index (χ0) is 18.0. The van der Waals surface area contributed by atoms with Crippen molar-refractivity contribution in [3.8, 4) is 0 Å². The molecule has 0 radical (unpaired) electrons. The summed E-state index contributed by atoms with van der Waals surface area (Å²) >= 11 is 6.29. The Morgan fingerprint density at radius 2 is 1.72 bits per heavy atom. The monoisotopic (exact) mass is 384 g/mol. The maximum absolute atomic E-state index is 12.7. The Balaban J connectivity index is 1.85. The minimum Gasteiger partial charge on any atom is -0.481 e. The van der Waals surface area contributed by atoms with Gasteiger partial charge in [-0.3, -0.25) is 4.79 Å². The summed E-state index contributed by atoms with van der Waals surface area (Å²) in [5.74, 6) is -1.06. The first kappa shape index (κ1) is 18.7. The van der Waals surface area contributed by atoms with Gasteiger partial charge < -0.3 is 5.11 Å². The van der Waals surface area contributed by atoms with Crippen molar-refractivity contribution in [3.63, 3.8) is 0 Å². The highest BCUT2D eigenvalue weighted by molar-refractivity contribution is 7.92. The number of carbonyl (C=O) groups is 1. The van der Waals surface area contributed by atoms with Crippen molar-refractivity contribution < 1.29 is 18.3 Å². The van der Waals surface area contributed by atoms with Gasteiger partial charge in [0.2, 0.25) is 0 Å². The van der Waals surface area contributed by atoms with Crippen molar-refractivity contribution >= 4 is 27.4 Å². The van der Waals surface area contributed by atoms with Crippen LogP contribution in [0.5, 0.6) is 0 Å². The third-order valence-electron chi connectivity index (χ3n) is 5.75. The molecule has 2 fully saturated rings. The van der Waals surface area contributed by atoms with Crippen molar-refractivity contribution in [3.05, 3.63) is 28.8 Å². The predicted octanol–water partition coefficient (Wildman–Crippen LogP) is 4.80. The van der Waals surface area contributed by atoms with Gasteiger partial charge in [-0.1, -0.05) is 56.2 Å². The standard InChI is InChI=1S/C19H25ClO4S/c20-17-12-14(16(19(21)22)11-13-5-1-2-6-13)9-10-18(17)25(23,24)15-7-3-4-8-15/h9-10,12-13,15-16H,1-8,11H2,(H,21,22). The molecule has 0 aliphatic heterocycles. The first-order valence-corrected chi connectivity index (χ1v) is 11.1. The molecule has 3 rings (SSSR count). The Morgan fingerprint density at radius 3 is 2.28 bits per heavy atom. The number of hydrogen-bond acceptors (Lipinski definition) is 3. The zero-order valence-electron chi connectivity index (χ0n) is 14.3. The second-order valence-electron chi connectivity index (χ2n) is 7.42. The number of halogens is 1. The molecule has 2 aliphatic rings. The summed E-state index contributed by atoms with van der Waals surface area (Å²) in [4.78, 5) is 11.9. The lowest BCUT2D eigenvalue weighted by atomic mass is 9.88. The third kappa shape index (κ3) is 4.03. The maximum Gasteiger partial charge on any atom is 0.310 e. The summed E-state index contributed by atoms with van der Waals surface area (Å²) in [6, 6.07) is 4.70. The molecule has 0 bridgehead atoms. The van der Waals surface area contributed by atoms with E-state index in [2.05, 4.69) is 0 Å². The number of benzene rings is 1. The van der Waals surface area contributed by atoms with Gasteiger partial charge in [0.25, 0.3) is 0 Å². The number of carboxylic acids is 1. The minimum absolute atomic E-state index is 0.148. The van der Waals surface area contributed by atoms with Crippen LogP contribution in [0, 0.1) is 5.92 Å². The molecule has 1 N–H and O–H groups in total. The molecule has 2 saturated carbocycles. The molecule has 1 aromatic rings. The van der Waals surface area contributed by atoms with E-state index < -0.39 is 21.7 Å². The van der Waals surface area contributed by atoms with E-state index in [1.807, 2.05) is 0 Å². The van der Waals surface area contributed by atoms with E-state index in [1.54, 1.807) is 12.1 Å². The molecule has 1 unspecified atom stereocenters. The van der Waals surface area contributed by atoms with Crippen molar-refractivity contribution in [1.29, 1.82) is 0 Å². The molecule has 4 nitrogen and oxygen atoms in total. The Labute approximate surface area is 154 Å². The lowest BCUT2D eigenvalue weighted by Gasteiger charge is -2.19. The van der Waals surface area contributed by atoms with Crippen LogP contribution in [0.4, 0.5) is 0 Å². The molecule has 0 heterocycles. The maximum atomic E-state index is 12.7. The summed E-state index contributed by atoms with van der Waals surface area (Å²) in [6.07, 6.45) is 8.30. The molecule has 2 aliphatic carbocycles. The number of sulfone groups is 1. The van der Waals surface area contributed by atoms with E-state index in [-0.39, 0.29) is 15.2 Å². The van der Waals surface area contributed by atoms with Gasteiger partial charge in [-0.05, 0) is 42.9 Å². The normalized spacial score (nSPS) is 20.8. The van der Waals surface area contributed by atoms with Crippen LogP contribution in [0.2, 0.25) is 5.02 Å². The fraction of sp³-hybridized carbons (Fsp3) is 0.632. The first-order chi connectivity index (χ1) is 11.9. The molecular weight excluding hydrogens is 360 g/mol. The molecule has 25 heavy (non-hydrogen) atoms. The van der Waals surface area contributed by atoms with Crippen LogP contribution in [0.3, 0.4) is 0 Å². The quantitative estimate of drug-likeness (QED) is 0.764. The highest BCUT2D eigenvalue weighted by atomic mass is 35.5. The SMILES string of the molecule is O=C(O)C(CC1CCCC1)c1ccc(S(=O)(=O)C2CCCC2)c(Cl)c1. The molecule has 0 spiro atoms. The van der Waals surface area contributed by atoms with Crippen LogP contribution >= 0.6 is 11.6 Å². The Morgan fingerprint density at radius 1 is 1.12 bits per heavy atom. The van der Waals surface area contributed by atoms with Crippen molar-refractivity contribution in [2.45, 2.75) is 73.9 Å². The van der Waals surface area contributed by atoms with Gasteiger partial charge in [-0.15, -0.1) is 0 Å². The molecular formula is C19H25ClO4S. The smallest absolute Gasteiger partial charge is 0.310 e. The van der Waals surface area contributed by atoms with Gasteiger partial charge in [0.05, 0.1) is 21.1 Å². The van der Waals surface area contributed by atoms with Crippen LogP contribution in [0.15, 0.2) is 23.1 Å². The molecule has 1 aromatic carbocycles. The Bertz CT molecular complexity index is 732. The van der Waals surface area contributed by atoms with E-state index in [1.165, 1.54) is 6.07 Å². The highest BCUT2D eigenvalue weighted by Crippen LogP contribution is 2.37. The van der Waals surface area contributed by atoms with Gasteiger partial charge >= 0.3 is 5.97 Å². The lowest BCUT2D eigenvalue weighted by Crippen LogP contribution is -2.19. The predicted molar refractivity (Wildman–Crippen MR) is 97.8 cm³/mol. The molecule has 0 aromatic heterocycles. The molecule has 1 atom stereocenters. The van der Waals surface area contributed by atoms with E-state index in [9.17, 15) is 18.3 Å². The largest absolute Gasteiger partial charge is 0.481 e. The highest BCUT2D eigenvalue weighted by Gasteiger charge is 2.33. The average molecular weight is 385 g/mol. The van der Waals surface area contributed by atoms with E-state index in [4.69, 9.17) is 11.6 Å². The van der Waals surface area contributed by atoms with Gasteiger partial charge in [0.1, 0.15) is 0 Å². The zero-order valence-corrected chi connectivity index (χ0v) is 15.9. The Kier molecular flexibility index (Phi) is 5.74. The Hall–Kier alpha value is -1.07. The number of rotatable bonds is 6.